The lowest BCUT2D eigenvalue weighted by Crippen LogP contribution is -2.56. The Hall–Kier alpha value is -0.570. The lowest BCUT2D eigenvalue weighted by molar-refractivity contribution is -0.125. The summed E-state index contributed by atoms with van der Waals surface area (Å²) < 4.78 is 0. The average Bonchev–Trinajstić information content (AvgIpc) is 2.33. The fraction of sp³-hybridized carbons (Fsp3) is 0.938. The van der Waals surface area contributed by atoms with Gasteiger partial charge in [-0.25, -0.2) is 0 Å². The van der Waals surface area contributed by atoms with Gasteiger partial charge in [-0.05, 0) is 38.5 Å². The van der Waals surface area contributed by atoms with E-state index in [1.165, 1.54) is 6.42 Å². The second-order valence-corrected chi connectivity index (χ2v) is 7.19. The molecule has 0 saturated carbocycles. The van der Waals surface area contributed by atoms with E-state index in [-0.39, 0.29) is 17.4 Å². The molecule has 3 heteroatoms. The monoisotopic (exact) mass is 268 g/mol. The van der Waals surface area contributed by atoms with Crippen molar-refractivity contribution in [2.45, 2.75) is 59.9 Å². The molecule has 1 fully saturated rings. The largest absolute Gasteiger partial charge is 0.354 e. The van der Waals surface area contributed by atoms with E-state index in [2.05, 4.69) is 44.8 Å². The van der Waals surface area contributed by atoms with Gasteiger partial charge in [-0.1, -0.05) is 27.7 Å². The van der Waals surface area contributed by atoms with Crippen LogP contribution in [-0.4, -0.2) is 36.0 Å². The van der Waals surface area contributed by atoms with Gasteiger partial charge in [0.2, 0.25) is 5.91 Å². The van der Waals surface area contributed by atoms with Crippen molar-refractivity contribution in [3.05, 3.63) is 0 Å². The van der Waals surface area contributed by atoms with E-state index < -0.39 is 0 Å². The molecule has 19 heavy (non-hydrogen) atoms. The molecule has 1 aliphatic rings. The second kappa shape index (κ2) is 6.74. The van der Waals surface area contributed by atoms with Crippen LogP contribution in [0.15, 0.2) is 0 Å². The normalized spacial score (nSPS) is 27.1. The molecule has 1 amide bonds. The number of amides is 1. The van der Waals surface area contributed by atoms with Crippen molar-refractivity contribution in [3.8, 4) is 0 Å². The Labute approximate surface area is 119 Å². The molecule has 3 unspecified atom stereocenters. The predicted octanol–water partition coefficient (Wildman–Crippen LogP) is 2.91. The van der Waals surface area contributed by atoms with Gasteiger partial charge < -0.3 is 5.32 Å². The van der Waals surface area contributed by atoms with Crippen LogP contribution in [0.4, 0.5) is 0 Å². The molecule has 1 N–H and O–H groups in total. The molecule has 0 aromatic heterocycles. The van der Waals surface area contributed by atoms with Gasteiger partial charge in [0, 0.05) is 31.1 Å². The number of hydrogen-bond donors (Lipinski definition) is 1. The highest BCUT2D eigenvalue weighted by Gasteiger charge is 2.33. The van der Waals surface area contributed by atoms with Crippen molar-refractivity contribution >= 4 is 5.91 Å². The van der Waals surface area contributed by atoms with Crippen LogP contribution in [0.2, 0.25) is 0 Å². The minimum atomic E-state index is 0.0477. The first-order chi connectivity index (χ1) is 8.76. The van der Waals surface area contributed by atoms with E-state index in [1.54, 1.807) is 0 Å². The summed E-state index contributed by atoms with van der Waals surface area (Å²) in [7, 11) is 0. The smallest absolute Gasteiger partial charge is 0.222 e. The maximum Gasteiger partial charge on any atom is 0.222 e. The van der Waals surface area contributed by atoms with E-state index >= 15 is 0 Å². The van der Waals surface area contributed by atoms with Gasteiger partial charge in [-0.15, -0.1) is 0 Å². The van der Waals surface area contributed by atoms with Gasteiger partial charge >= 0.3 is 0 Å². The third-order valence-electron chi connectivity index (χ3n) is 4.48. The highest BCUT2D eigenvalue weighted by atomic mass is 16.1. The molecule has 1 saturated heterocycles. The summed E-state index contributed by atoms with van der Waals surface area (Å²) in [6.07, 6.45) is 2.23. The molecule has 0 aromatic carbocycles. The summed E-state index contributed by atoms with van der Waals surface area (Å²) in [6.45, 7) is 16.2. The molecule has 1 heterocycles. The van der Waals surface area contributed by atoms with Gasteiger partial charge in [0.05, 0.1) is 0 Å². The lowest BCUT2D eigenvalue weighted by Gasteiger charge is -2.45. The van der Waals surface area contributed by atoms with Crippen molar-refractivity contribution in [2.75, 3.05) is 19.6 Å². The van der Waals surface area contributed by atoms with Crippen molar-refractivity contribution in [2.24, 2.45) is 17.8 Å². The van der Waals surface area contributed by atoms with Crippen LogP contribution in [0.25, 0.3) is 0 Å². The quantitative estimate of drug-likeness (QED) is 0.831. The van der Waals surface area contributed by atoms with Gasteiger partial charge in [-0.3, -0.25) is 9.69 Å². The van der Waals surface area contributed by atoms with Crippen LogP contribution in [-0.2, 0) is 4.79 Å². The molecule has 1 rings (SSSR count). The molecule has 3 nitrogen and oxygen atoms in total. The van der Waals surface area contributed by atoms with E-state index in [1.807, 2.05) is 6.92 Å². The molecule has 112 valence electrons. The zero-order valence-corrected chi connectivity index (χ0v) is 13.6. The summed E-state index contributed by atoms with van der Waals surface area (Å²) in [5.41, 5.74) is 0.0477. The summed E-state index contributed by atoms with van der Waals surface area (Å²) in [5, 5.41) is 3.12. The van der Waals surface area contributed by atoms with Gasteiger partial charge in [-0.2, -0.15) is 0 Å². The molecule has 1 aliphatic heterocycles. The predicted molar refractivity (Wildman–Crippen MR) is 81.1 cm³/mol. The standard InChI is InChI=1S/C16H32N2O/c1-7-14(4)15(19)17-11-16(5,6)18-9-12(2)8-13(3)10-18/h12-14H,7-11H2,1-6H3,(H,17,19). The van der Waals surface area contributed by atoms with Crippen LogP contribution in [0.5, 0.6) is 0 Å². The second-order valence-electron chi connectivity index (χ2n) is 7.19. The van der Waals surface area contributed by atoms with Crippen molar-refractivity contribution < 1.29 is 4.79 Å². The zero-order chi connectivity index (χ0) is 14.6. The van der Waals surface area contributed by atoms with E-state index in [9.17, 15) is 4.79 Å². The molecule has 0 aromatic rings. The molecule has 0 bridgehead atoms. The Bertz CT molecular complexity index is 291. The molecule has 0 spiro atoms. The average molecular weight is 268 g/mol. The van der Waals surface area contributed by atoms with Crippen molar-refractivity contribution in [1.82, 2.24) is 10.2 Å². The molecule has 0 aliphatic carbocycles. The van der Waals surface area contributed by atoms with E-state index in [0.717, 1.165) is 37.9 Å². The van der Waals surface area contributed by atoms with E-state index in [0.29, 0.717) is 0 Å². The number of likely N-dealkylation sites (tertiary alicyclic amines) is 1. The fourth-order valence-corrected chi connectivity index (χ4v) is 2.93. The van der Waals surface area contributed by atoms with Crippen molar-refractivity contribution in [3.63, 3.8) is 0 Å². The Morgan fingerprint density at radius 3 is 2.32 bits per heavy atom. The minimum Gasteiger partial charge on any atom is -0.354 e. The fourth-order valence-electron chi connectivity index (χ4n) is 2.93. The van der Waals surface area contributed by atoms with Crippen LogP contribution >= 0.6 is 0 Å². The SMILES string of the molecule is CCC(C)C(=O)NCC(C)(C)N1CC(C)CC(C)C1. The van der Waals surface area contributed by atoms with Crippen LogP contribution in [0.1, 0.15) is 54.4 Å². The number of hydrogen-bond acceptors (Lipinski definition) is 2. The Morgan fingerprint density at radius 2 is 1.84 bits per heavy atom. The summed E-state index contributed by atoms with van der Waals surface area (Å²) >= 11 is 0. The van der Waals surface area contributed by atoms with E-state index in [4.69, 9.17) is 0 Å². The highest BCUT2D eigenvalue weighted by Crippen LogP contribution is 2.26. The first-order valence-electron chi connectivity index (χ1n) is 7.79. The van der Waals surface area contributed by atoms with Crippen LogP contribution in [0, 0.1) is 17.8 Å². The first kappa shape index (κ1) is 16.5. The van der Waals surface area contributed by atoms with Crippen LogP contribution < -0.4 is 5.32 Å². The Morgan fingerprint density at radius 1 is 1.32 bits per heavy atom. The maximum absolute atomic E-state index is 11.9. The minimum absolute atomic E-state index is 0.0477. The number of rotatable bonds is 5. The maximum atomic E-state index is 11.9. The topological polar surface area (TPSA) is 32.3 Å². The Balaban J connectivity index is 2.52. The number of carbonyl (C=O) groups excluding carboxylic acids is 1. The number of piperidine rings is 1. The first-order valence-corrected chi connectivity index (χ1v) is 7.79. The molecule has 3 atom stereocenters. The third kappa shape index (κ3) is 4.79. The lowest BCUT2D eigenvalue weighted by atomic mass is 9.88. The molecule has 0 radical (unpaired) electrons. The molecular weight excluding hydrogens is 236 g/mol. The number of nitrogens with one attached hydrogen (secondary N) is 1. The van der Waals surface area contributed by atoms with Crippen molar-refractivity contribution in [1.29, 1.82) is 0 Å². The number of carbonyl (C=O) groups is 1. The Kier molecular flexibility index (Phi) is 5.84. The third-order valence-corrected chi connectivity index (χ3v) is 4.48. The van der Waals surface area contributed by atoms with Gasteiger partial charge in [0.15, 0.2) is 0 Å². The zero-order valence-electron chi connectivity index (χ0n) is 13.6. The van der Waals surface area contributed by atoms with Gasteiger partial charge in [0.25, 0.3) is 0 Å². The summed E-state index contributed by atoms with van der Waals surface area (Å²) in [4.78, 5) is 14.4. The summed E-state index contributed by atoms with van der Waals surface area (Å²) in [6, 6.07) is 0. The van der Waals surface area contributed by atoms with Gasteiger partial charge in [0.1, 0.15) is 0 Å². The van der Waals surface area contributed by atoms with Crippen LogP contribution in [0.3, 0.4) is 0 Å². The molecular formula is C16H32N2O. The highest BCUT2D eigenvalue weighted by molar-refractivity contribution is 5.78. The summed E-state index contributed by atoms with van der Waals surface area (Å²) in [5.74, 6) is 1.82. The number of nitrogens with zero attached hydrogens (tertiary/aromatic N) is 1.